The van der Waals surface area contributed by atoms with Gasteiger partial charge in [-0.15, -0.1) is 5.10 Å². The highest BCUT2D eigenvalue weighted by molar-refractivity contribution is 5.79. The number of pyridine rings is 2. The van der Waals surface area contributed by atoms with Crippen LogP contribution in [-0.2, 0) is 6.54 Å². The Morgan fingerprint density at radius 2 is 2.12 bits per heavy atom. The Kier molecular flexibility index (Phi) is 3.51. The van der Waals surface area contributed by atoms with Gasteiger partial charge in [0.25, 0.3) is 11.3 Å². The van der Waals surface area contributed by atoms with Crippen LogP contribution in [0.25, 0.3) is 28.1 Å². The lowest BCUT2D eigenvalue weighted by Gasteiger charge is -2.06. The van der Waals surface area contributed by atoms with Crippen LogP contribution in [0.5, 0.6) is 0 Å². The molecule has 1 N–H and O–H groups in total. The summed E-state index contributed by atoms with van der Waals surface area (Å²) in [6.07, 6.45) is 7.10. The zero-order chi connectivity index (χ0) is 16.5. The Balaban J connectivity index is 1.90. The predicted molar refractivity (Wildman–Crippen MR) is 87.5 cm³/mol. The minimum absolute atomic E-state index is 0.0410. The van der Waals surface area contributed by atoms with Crippen molar-refractivity contribution in [2.75, 3.05) is 6.61 Å². The second-order valence-electron chi connectivity index (χ2n) is 5.34. The molecule has 0 spiro atoms. The normalized spacial score (nSPS) is 11.4. The largest absolute Gasteiger partial charge is 0.396 e. The van der Waals surface area contributed by atoms with E-state index in [1.165, 1.54) is 6.20 Å². The van der Waals surface area contributed by atoms with Crippen LogP contribution in [0, 0.1) is 0 Å². The first-order valence-electron chi connectivity index (χ1n) is 7.54. The highest BCUT2D eigenvalue weighted by Crippen LogP contribution is 2.16. The van der Waals surface area contributed by atoms with Crippen LogP contribution in [0.15, 0.2) is 47.8 Å². The highest BCUT2D eigenvalue weighted by atomic mass is 16.3. The molecular weight excluding hydrogens is 308 g/mol. The predicted octanol–water partition coefficient (Wildman–Crippen LogP) is 0.884. The lowest BCUT2D eigenvalue weighted by atomic mass is 10.3. The molecule has 4 heterocycles. The van der Waals surface area contributed by atoms with Crippen molar-refractivity contribution >= 4 is 16.7 Å². The summed E-state index contributed by atoms with van der Waals surface area (Å²) in [6, 6.07) is 5.49. The number of nitrogens with zero attached hydrogens (tertiary/aromatic N) is 6. The molecule has 0 unspecified atom stereocenters. The van der Waals surface area contributed by atoms with Crippen LogP contribution in [0.4, 0.5) is 0 Å². The molecule has 4 aromatic heterocycles. The fourth-order valence-corrected chi connectivity index (χ4v) is 2.59. The first-order chi connectivity index (χ1) is 11.8. The Morgan fingerprint density at radius 1 is 1.21 bits per heavy atom. The van der Waals surface area contributed by atoms with E-state index < -0.39 is 0 Å². The second kappa shape index (κ2) is 5.82. The first-order valence-corrected chi connectivity index (χ1v) is 7.54. The monoisotopic (exact) mass is 322 g/mol. The van der Waals surface area contributed by atoms with Crippen molar-refractivity contribution in [1.29, 1.82) is 0 Å². The molecule has 0 aliphatic heterocycles. The molecule has 0 aromatic carbocycles. The fraction of sp³-hybridized carbons (Fsp3) is 0.188. The van der Waals surface area contributed by atoms with Crippen molar-refractivity contribution in [3.8, 4) is 11.4 Å². The van der Waals surface area contributed by atoms with Crippen LogP contribution < -0.4 is 5.56 Å². The van der Waals surface area contributed by atoms with Crippen molar-refractivity contribution in [1.82, 2.24) is 29.1 Å². The first kappa shape index (κ1) is 14.5. The van der Waals surface area contributed by atoms with Crippen LogP contribution >= 0.6 is 0 Å². The van der Waals surface area contributed by atoms with E-state index in [-0.39, 0.29) is 12.2 Å². The van der Waals surface area contributed by atoms with E-state index in [0.717, 1.165) is 5.56 Å². The van der Waals surface area contributed by atoms with Gasteiger partial charge < -0.3 is 9.67 Å². The number of fused-ring (bicyclic) bond motifs is 3. The summed E-state index contributed by atoms with van der Waals surface area (Å²) in [4.78, 5) is 25.2. The maximum atomic E-state index is 12.5. The lowest BCUT2D eigenvalue weighted by Crippen LogP contribution is -2.21. The standard InChI is InChI=1S/C16H14N6O2/c23-8-2-6-21-7-4-13-12(15(21)24)10-18-16-19-14(20-22(13)16)11-3-1-5-17-9-11/h1,3-5,7,9-10,23H,2,6,8H2. The van der Waals surface area contributed by atoms with E-state index in [1.54, 1.807) is 27.7 Å². The van der Waals surface area contributed by atoms with Crippen LogP contribution in [0.3, 0.4) is 0 Å². The molecule has 0 saturated heterocycles. The fourth-order valence-electron chi connectivity index (χ4n) is 2.59. The molecule has 0 bridgehead atoms. The molecule has 0 aliphatic rings. The number of rotatable bonds is 4. The van der Waals surface area contributed by atoms with Crippen molar-refractivity contribution in [2.45, 2.75) is 13.0 Å². The number of aromatic nitrogens is 6. The summed E-state index contributed by atoms with van der Waals surface area (Å²) in [5.41, 5.74) is 1.27. The van der Waals surface area contributed by atoms with Gasteiger partial charge in [0.05, 0.1) is 10.9 Å². The van der Waals surface area contributed by atoms with Gasteiger partial charge in [0, 0.05) is 43.5 Å². The molecule has 0 atom stereocenters. The maximum absolute atomic E-state index is 12.5. The van der Waals surface area contributed by atoms with Gasteiger partial charge in [-0.3, -0.25) is 9.78 Å². The van der Waals surface area contributed by atoms with E-state index in [9.17, 15) is 4.79 Å². The summed E-state index contributed by atoms with van der Waals surface area (Å²) >= 11 is 0. The third-order valence-electron chi connectivity index (χ3n) is 3.78. The molecule has 0 saturated carbocycles. The van der Waals surface area contributed by atoms with E-state index >= 15 is 0 Å². The van der Waals surface area contributed by atoms with Gasteiger partial charge in [0.2, 0.25) is 0 Å². The Bertz CT molecular complexity index is 1070. The topological polar surface area (TPSA) is 98.2 Å². The smallest absolute Gasteiger partial charge is 0.261 e. The van der Waals surface area contributed by atoms with Gasteiger partial charge in [0.15, 0.2) is 5.82 Å². The summed E-state index contributed by atoms with van der Waals surface area (Å²) in [7, 11) is 0. The quantitative estimate of drug-likeness (QED) is 0.599. The van der Waals surface area contributed by atoms with Gasteiger partial charge in [-0.25, -0.2) is 4.98 Å². The van der Waals surface area contributed by atoms with E-state index in [1.807, 2.05) is 18.2 Å². The molecule has 8 heteroatoms. The third-order valence-corrected chi connectivity index (χ3v) is 3.78. The van der Waals surface area contributed by atoms with E-state index in [4.69, 9.17) is 5.11 Å². The average molecular weight is 322 g/mol. The number of hydrogen-bond acceptors (Lipinski definition) is 6. The number of hydrogen-bond donors (Lipinski definition) is 1. The van der Waals surface area contributed by atoms with E-state index in [0.29, 0.717) is 35.5 Å². The summed E-state index contributed by atoms with van der Waals surface area (Å²) in [5.74, 6) is 0.932. The SMILES string of the molecule is O=c1c2cnc3nc(-c4cccnc4)nn3c2ccn1CCCO. The summed E-state index contributed by atoms with van der Waals surface area (Å²) < 4.78 is 3.13. The zero-order valence-electron chi connectivity index (χ0n) is 12.7. The number of aryl methyl sites for hydroxylation is 1. The molecule has 4 rings (SSSR count). The highest BCUT2D eigenvalue weighted by Gasteiger charge is 2.12. The third kappa shape index (κ3) is 2.33. The molecule has 4 aromatic rings. The minimum Gasteiger partial charge on any atom is -0.396 e. The van der Waals surface area contributed by atoms with Crippen molar-refractivity contribution in [2.24, 2.45) is 0 Å². The van der Waals surface area contributed by atoms with Crippen molar-refractivity contribution < 1.29 is 5.11 Å². The van der Waals surface area contributed by atoms with Crippen LogP contribution in [-0.4, -0.2) is 40.8 Å². The molecular formula is C16H14N6O2. The summed E-state index contributed by atoms with van der Waals surface area (Å²) in [6.45, 7) is 0.501. The maximum Gasteiger partial charge on any atom is 0.261 e. The Labute approximate surface area is 136 Å². The minimum atomic E-state index is -0.159. The van der Waals surface area contributed by atoms with Gasteiger partial charge in [-0.2, -0.15) is 9.50 Å². The molecule has 24 heavy (non-hydrogen) atoms. The van der Waals surface area contributed by atoms with Gasteiger partial charge in [0.1, 0.15) is 0 Å². The molecule has 0 radical (unpaired) electrons. The molecule has 8 nitrogen and oxygen atoms in total. The molecule has 120 valence electrons. The van der Waals surface area contributed by atoms with E-state index in [2.05, 4.69) is 20.1 Å². The number of aliphatic hydroxyl groups excluding tert-OH is 1. The Hall–Kier alpha value is -3.13. The molecule has 0 fully saturated rings. The van der Waals surface area contributed by atoms with Crippen molar-refractivity contribution in [3.05, 3.63) is 53.3 Å². The Morgan fingerprint density at radius 3 is 2.92 bits per heavy atom. The summed E-state index contributed by atoms with van der Waals surface area (Å²) in [5, 5.41) is 13.9. The second-order valence-corrected chi connectivity index (χ2v) is 5.34. The van der Waals surface area contributed by atoms with Gasteiger partial charge in [-0.1, -0.05) is 0 Å². The van der Waals surface area contributed by atoms with Gasteiger partial charge in [-0.05, 0) is 24.6 Å². The lowest BCUT2D eigenvalue weighted by molar-refractivity contribution is 0.279. The van der Waals surface area contributed by atoms with Crippen LogP contribution in [0.2, 0.25) is 0 Å². The zero-order valence-corrected chi connectivity index (χ0v) is 12.7. The van der Waals surface area contributed by atoms with Gasteiger partial charge >= 0.3 is 0 Å². The molecule has 0 amide bonds. The van der Waals surface area contributed by atoms with Crippen molar-refractivity contribution in [3.63, 3.8) is 0 Å². The van der Waals surface area contributed by atoms with Crippen LogP contribution in [0.1, 0.15) is 6.42 Å². The number of aliphatic hydroxyl groups is 1. The average Bonchev–Trinajstić information content (AvgIpc) is 3.06. The molecule has 0 aliphatic carbocycles.